The van der Waals surface area contributed by atoms with Crippen molar-refractivity contribution in [1.82, 2.24) is 4.31 Å². The average molecular weight is 488 g/mol. The number of piperidine rings is 1. The minimum absolute atomic E-state index is 0.133. The molecule has 2 aliphatic heterocycles. The number of ketones is 1. The number of Topliss-reactive ketones (excluding diaryl/α,β-unsaturated/α-hetero) is 1. The van der Waals surface area contributed by atoms with Crippen molar-refractivity contribution in [2.24, 2.45) is 5.92 Å². The predicted octanol–water partition coefficient (Wildman–Crippen LogP) is 3.24. The number of carbonyl (C=O) groups excluding carboxylic acids is 2. The Labute approximate surface area is 199 Å². The molecular weight excluding hydrogens is 458 g/mol. The molecule has 2 aromatic carbocycles. The highest BCUT2D eigenvalue weighted by Crippen LogP contribution is 2.34. The van der Waals surface area contributed by atoms with E-state index in [1.807, 2.05) is 12.1 Å². The first kappa shape index (κ1) is 24.2. The topological polar surface area (TPSA) is 99.2 Å². The first-order valence-electron chi connectivity index (χ1n) is 11.6. The monoisotopic (exact) mass is 487 g/mol. The molecule has 0 amide bonds. The quantitative estimate of drug-likeness (QED) is 0.416. The summed E-state index contributed by atoms with van der Waals surface area (Å²) in [5.74, 6) is -0.220. The minimum atomic E-state index is -3.72. The number of rotatable bonds is 8. The zero-order valence-electron chi connectivity index (χ0n) is 19.2. The summed E-state index contributed by atoms with van der Waals surface area (Å²) in [4.78, 5) is 25.0. The molecule has 34 heavy (non-hydrogen) atoms. The summed E-state index contributed by atoms with van der Waals surface area (Å²) in [5, 5.41) is 0. The lowest BCUT2D eigenvalue weighted by atomic mass is 9.98. The maximum absolute atomic E-state index is 13.1. The van der Waals surface area contributed by atoms with Crippen LogP contribution in [0.1, 0.15) is 42.1 Å². The molecule has 2 aromatic rings. The number of sulfonamides is 1. The average Bonchev–Trinajstić information content (AvgIpc) is 2.87. The van der Waals surface area contributed by atoms with Crippen molar-refractivity contribution < 1.29 is 32.2 Å². The Morgan fingerprint density at radius 3 is 2.35 bits per heavy atom. The van der Waals surface area contributed by atoms with Crippen LogP contribution in [-0.4, -0.2) is 57.4 Å². The van der Waals surface area contributed by atoms with Gasteiger partial charge in [0.05, 0.1) is 10.8 Å². The summed E-state index contributed by atoms with van der Waals surface area (Å²) >= 11 is 0. The fraction of sp³-hybridized carbons (Fsp3) is 0.440. The Morgan fingerprint density at radius 2 is 1.68 bits per heavy atom. The third-order valence-electron chi connectivity index (χ3n) is 6.10. The van der Waals surface area contributed by atoms with Gasteiger partial charge in [0.2, 0.25) is 10.0 Å². The van der Waals surface area contributed by atoms with E-state index >= 15 is 0 Å². The number of hydrogen-bond acceptors (Lipinski definition) is 7. The third kappa shape index (κ3) is 5.42. The summed E-state index contributed by atoms with van der Waals surface area (Å²) in [6.45, 7) is 2.97. The van der Waals surface area contributed by atoms with E-state index in [1.54, 1.807) is 18.2 Å². The van der Waals surface area contributed by atoms with E-state index in [-0.39, 0.29) is 30.4 Å². The molecule has 0 aliphatic carbocycles. The number of aryl methyl sites for hydroxylation is 1. The largest absolute Gasteiger partial charge is 0.486 e. The Hall–Kier alpha value is -2.91. The number of hydrogen-bond donors (Lipinski definition) is 0. The number of carbonyl (C=O) groups is 2. The molecule has 182 valence electrons. The third-order valence-corrected chi connectivity index (χ3v) is 7.99. The number of benzene rings is 2. The van der Waals surface area contributed by atoms with E-state index in [0.717, 1.165) is 18.4 Å². The van der Waals surface area contributed by atoms with E-state index in [2.05, 4.69) is 6.92 Å². The molecule has 1 saturated heterocycles. The summed E-state index contributed by atoms with van der Waals surface area (Å²) in [6.07, 6.45) is 2.65. The minimum Gasteiger partial charge on any atom is -0.486 e. The molecule has 0 atom stereocenters. The van der Waals surface area contributed by atoms with Crippen LogP contribution in [0.4, 0.5) is 0 Å². The van der Waals surface area contributed by atoms with E-state index in [9.17, 15) is 18.0 Å². The van der Waals surface area contributed by atoms with Crippen LogP contribution < -0.4 is 9.47 Å². The highest BCUT2D eigenvalue weighted by atomic mass is 32.2. The zero-order chi connectivity index (χ0) is 24.1. The molecule has 2 aliphatic rings. The van der Waals surface area contributed by atoms with Gasteiger partial charge in [-0.15, -0.1) is 0 Å². The van der Waals surface area contributed by atoms with Crippen LogP contribution in [0.25, 0.3) is 0 Å². The number of ether oxygens (including phenoxy) is 3. The highest BCUT2D eigenvalue weighted by molar-refractivity contribution is 7.89. The van der Waals surface area contributed by atoms with Crippen molar-refractivity contribution in [3.8, 4) is 11.5 Å². The fourth-order valence-corrected chi connectivity index (χ4v) is 5.63. The van der Waals surface area contributed by atoms with Crippen molar-refractivity contribution in [3.05, 3.63) is 53.6 Å². The van der Waals surface area contributed by atoms with Crippen molar-refractivity contribution in [3.63, 3.8) is 0 Å². The molecule has 0 spiro atoms. The van der Waals surface area contributed by atoms with Crippen LogP contribution in [0.2, 0.25) is 0 Å². The summed E-state index contributed by atoms with van der Waals surface area (Å²) < 4.78 is 43.7. The van der Waals surface area contributed by atoms with Crippen LogP contribution in [-0.2, 0) is 26.0 Å². The number of esters is 1. The van der Waals surface area contributed by atoms with Crippen LogP contribution in [0.15, 0.2) is 47.4 Å². The Morgan fingerprint density at radius 1 is 1.00 bits per heavy atom. The fourth-order valence-electron chi connectivity index (χ4n) is 4.15. The molecule has 0 N–H and O–H groups in total. The Bertz CT molecular complexity index is 1140. The van der Waals surface area contributed by atoms with Gasteiger partial charge in [0.25, 0.3) is 0 Å². The second-order valence-electron chi connectivity index (χ2n) is 8.46. The maximum Gasteiger partial charge on any atom is 0.309 e. The molecule has 4 rings (SSSR count). The van der Waals surface area contributed by atoms with Gasteiger partial charge in [0, 0.05) is 24.7 Å². The standard InChI is InChI=1S/C25H29NO7S/c1-2-3-18-4-6-19(7-5-18)22(27)17-33-25(28)20-10-12-26(13-11-20)34(29,30)21-8-9-23-24(16-21)32-15-14-31-23/h4-9,16,20H,2-3,10-15,17H2,1H3. The second-order valence-corrected chi connectivity index (χ2v) is 10.4. The zero-order valence-corrected chi connectivity index (χ0v) is 20.0. The lowest BCUT2D eigenvalue weighted by molar-refractivity contribution is -0.148. The molecular formula is C25H29NO7S. The maximum atomic E-state index is 13.1. The Kier molecular flexibility index (Phi) is 7.53. The van der Waals surface area contributed by atoms with Gasteiger partial charge in [-0.3, -0.25) is 9.59 Å². The van der Waals surface area contributed by atoms with Crippen LogP contribution in [0, 0.1) is 5.92 Å². The number of fused-ring (bicyclic) bond motifs is 1. The normalized spacial score (nSPS) is 16.7. The summed E-state index contributed by atoms with van der Waals surface area (Å²) in [7, 11) is -3.72. The summed E-state index contributed by atoms with van der Waals surface area (Å²) in [6, 6.07) is 11.9. The van der Waals surface area contributed by atoms with Crippen molar-refractivity contribution in [2.45, 2.75) is 37.5 Å². The predicted molar refractivity (Wildman–Crippen MR) is 125 cm³/mol. The van der Waals surface area contributed by atoms with Crippen LogP contribution in [0.5, 0.6) is 11.5 Å². The molecule has 8 nitrogen and oxygen atoms in total. The van der Waals surface area contributed by atoms with Crippen molar-refractivity contribution in [1.29, 1.82) is 0 Å². The molecule has 0 bridgehead atoms. The highest BCUT2D eigenvalue weighted by Gasteiger charge is 2.33. The molecule has 1 fully saturated rings. The van der Waals surface area contributed by atoms with E-state index in [4.69, 9.17) is 14.2 Å². The molecule has 0 radical (unpaired) electrons. The molecule has 0 unspecified atom stereocenters. The van der Waals surface area contributed by atoms with Gasteiger partial charge in [-0.25, -0.2) is 8.42 Å². The van der Waals surface area contributed by atoms with E-state index in [1.165, 1.54) is 16.4 Å². The van der Waals surface area contributed by atoms with Crippen molar-refractivity contribution in [2.75, 3.05) is 32.9 Å². The lowest BCUT2D eigenvalue weighted by Gasteiger charge is -2.30. The SMILES string of the molecule is CCCc1ccc(C(=O)COC(=O)C2CCN(S(=O)(=O)c3ccc4c(c3)OCCO4)CC2)cc1. The van der Waals surface area contributed by atoms with Gasteiger partial charge in [0.15, 0.2) is 23.9 Å². The van der Waals surface area contributed by atoms with Gasteiger partial charge in [-0.1, -0.05) is 37.6 Å². The van der Waals surface area contributed by atoms with Gasteiger partial charge >= 0.3 is 5.97 Å². The van der Waals surface area contributed by atoms with Gasteiger partial charge in [-0.2, -0.15) is 4.31 Å². The van der Waals surface area contributed by atoms with Crippen LogP contribution in [0.3, 0.4) is 0 Å². The van der Waals surface area contributed by atoms with Gasteiger partial charge in [0.1, 0.15) is 13.2 Å². The molecule has 0 aromatic heterocycles. The summed E-state index contributed by atoms with van der Waals surface area (Å²) in [5.41, 5.74) is 1.67. The van der Waals surface area contributed by atoms with E-state index in [0.29, 0.717) is 43.1 Å². The first-order chi connectivity index (χ1) is 16.4. The van der Waals surface area contributed by atoms with Crippen molar-refractivity contribution >= 4 is 21.8 Å². The second kappa shape index (κ2) is 10.6. The lowest BCUT2D eigenvalue weighted by Crippen LogP contribution is -2.40. The smallest absolute Gasteiger partial charge is 0.309 e. The van der Waals surface area contributed by atoms with Gasteiger partial charge < -0.3 is 14.2 Å². The first-order valence-corrected chi connectivity index (χ1v) is 13.0. The van der Waals surface area contributed by atoms with Gasteiger partial charge in [-0.05, 0) is 37.0 Å². The molecule has 0 saturated carbocycles. The molecule has 9 heteroatoms. The van der Waals surface area contributed by atoms with E-state index < -0.39 is 21.9 Å². The Balaban J connectivity index is 1.29. The number of nitrogens with zero attached hydrogens (tertiary/aromatic N) is 1. The van der Waals surface area contributed by atoms with Crippen LogP contribution >= 0.6 is 0 Å². The molecule has 2 heterocycles.